The van der Waals surface area contributed by atoms with Crippen LogP contribution in [0.5, 0.6) is 5.75 Å². The molecule has 0 saturated heterocycles. The van der Waals surface area contributed by atoms with Gasteiger partial charge in [0.05, 0.1) is 30.6 Å². The number of aliphatic imine (C=N–C) groups is 1. The molecule has 0 unspecified atom stereocenters. The predicted molar refractivity (Wildman–Crippen MR) is 127 cm³/mol. The van der Waals surface area contributed by atoms with Crippen LogP contribution >= 0.6 is 0 Å². The smallest absolute Gasteiger partial charge is 0.244 e. The molecule has 32 heavy (non-hydrogen) atoms. The van der Waals surface area contributed by atoms with Crippen LogP contribution < -0.4 is 15.0 Å². The molecule has 162 valence electrons. The summed E-state index contributed by atoms with van der Waals surface area (Å²) >= 11 is 0. The van der Waals surface area contributed by atoms with Gasteiger partial charge in [-0.3, -0.25) is 14.6 Å². The Bertz CT molecular complexity index is 1200. The van der Waals surface area contributed by atoms with Gasteiger partial charge < -0.3 is 15.0 Å². The number of hydrogen-bond donors (Lipinski definition) is 1. The molecule has 6 heteroatoms. The lowest BCUT2D eigenvalue weighted by Crippen LogP contribution is -2.38. The molecule has 0 atom stereocenters. The summed E-state index contributed by atoms with van der Waals surface area (Å²) in [5.41, 5.74) is 5.88. The maximum absolute atomic E-state index is 13.2. The van der Waals surface area contributed by atoms with Crippen molar-refractivity contribution in [2.45, 2.75) is 20.3 Å². The normalized spacial score (nSPS) is 13.2. The van der Waals surface area contributed by atoms with Gasteiger partial charge in [0.1, 0.15) is 12.3 Å². The van der Waals surface area contributed by atoms with Gasteiger partial charge in [0.25, 0.3) is 0 Å². The Morgan fingerprint density at radius 1 is 1.03 bits per heavy atom. The van der Waals surface area contributed by atoms with Crippen molar-refractivity contribution in [1.82, 2.24) is 0 Å². The molecule has 0 aliphatic carbocycles. The highest BCUT2D eigenvalue weighted by Crippen LogP contribution is 2.33. The number of para-hydroxylation sites is 2. The van der Waals surface area contributed by atoms with Gasteiger partial charge in [-0.25, -0.2) is 0 Å². The number of amides is 2. The lowest BCUT2D eigenvalue weighted by molar-refractivity contribution is -0.120. The Labute approximate surface area is 187 Å². The first-order valence-electron chi connectivity index (χ1n) is 10.4. The van der Waals surface area contributed by atoms with E-state index in [2.05, 4.69) is 18.3 Å². The van der Waals surface area contributed by atoms with Gasteiger partial charge in [-0.1, -0.05) is 24.3 Å². The molecule has 0 radical (unpaired) electrons. The number of carbonyl (C=O) groups is 2. The number of rotatable bonds is 5. The molecule has 1 N–H and O–H groups in total. The van der Waals surface area contributed by atoms with E-state index in [1.165, 1.54) is 10.5 Å². The largest absolute Gasteiger partial charge is 0.497 e. The molecule has 3 aromatic rings. The number of ether oxygens (including phenoxy) is 1. The highest BCUT2D eigenvalue weighted by Gasteiger charge is 2.26. The van der Waals surface area contributed by atoms with Gasteiger partial charge in [-0.2, -0.15) is 0 Å². The molecule has 0 aromatic heterocycles. The minimum atomic E-state index is -0.284. The summed E-state index contributed by atoms with van der Waals surface area (Å²) in [6.45, 7) is 4.00. The van der Waals surface area contributed by atoms with Crippen LogP contribution in [0.3, 0.4) is 0 Å². The molecule has 3 aromatic carbocycles. The van der Waals surface area contributed by atoms with Crippen LogP contribution in [0.2, 0.25) is 0 Å². The fraction of sp³-hybridized carbons (Fsp3) is 0.192. The molecular formula is C26H25N3O3. The van der Waals surface area contributed by atoms with E-state index in [1.807, 2.05) is 43.3 Å². The number of carbonyl (C=O) groups excluding carboxylic acids is 2. The van der Waals surface area contributed by atoms with E-state index in [9.17, 15) is 9.59 Å². The van der Waals surface area contributed by atoms with Crippen molar-refractivity contribution in [2.24, 2.45) is 4.99 Å². The van der Waals surface area contributed by atoms with E-state index < -0.39 is 0 Å². The van der Waals surface area contributed by atoms with Crippen LogP contribution in [-0.4, -0.2) is 31.2 Å². The molecule has 1 heterocycles. The van der Waals surface area contributed by atoms with Crippen molar-refractivity contribution in [3.8, 4) is 5.75 Å². The SMILES string of the molecule is COc1ccc(NC(=O)CN2C(=O)CC(c3ccc(C)c(C)c3)=Nc3ccccc32)cc1. The van der Waals surface area contributed by atoms with Gasteiger partial charge in [-0.05, 0) is 73.0 Å². The molecule has 6 nitrogen and oxygen atoms in total. The second kappa shape index (κ2) is 9.06. The Morgan fingerprint density at radius 3 is 2.50 bits per heavy atom. The van der Waals surface area contributed by atoms with Crippen LogP contribution in [0.25, 0.3) is 0 Å². The molecule has 2 amide bonds. The number of methoxy groups -OCH3 is 1. The van der Waals surface area contributed by atoms with Crippen molar-refractivity contribution < 1.29 is 14.3 Å². The van der Waals surface area contributed by atoms with Gasteiger partial charge in [0, 0.05) is 5.69 Å². The topological polar surface area (TPSA) is 71.0 Å². The first-order chi connectivity index (χ1) is 15.4. The zero-order chi connectivity index (χ0) is 22.7. The van der Waals surface area contributed by atoms with Gasteiger partial charge >= 0.3 is 0 Å². The van der Waals surface area contributed by atoms with E-state index in [0.29, 0.717) is 28.5 Å². The molecule has 0 fully saturated rings. The van der Waals surface area contributed by atoms with Crippen molar-refractivity contribution >= 4 is 34.6 Å². The van der Waals surface area contributed by atoms with E-state index in [4.69, 9.17) is 9.73 Å². The quantitative estimate of drug-likeness (QED) is 0.635. The number of aryl methyl sites for hydroxylation is 2. The number of hydrogen-bond acceptors (Lipinski definition) is 4. The maximum atomic E-state index is 13.2. The lowest BCUT2D eigenvalue weighted by atomic mass is 10.0. The monoisotopic (exact) mass is 427 g/mol. The number of nitrogens with zero attached hydrogens (tertiary/aromatic N) is 2. The van der Waals surface area contributed by atoms with E-state index >= 15 is 0 Å². The Kier molecular flexibility index (Phi) is 6.03. The Morgan fingerprint density at radius 2 is 1.78 bits per heavy atom. The molecule has 1 aliphatic heterocycles. The fourth-order valence-corrected chi connectivity index (χ4v) is 3.62. The predicted octanol–water partition coefficient (Wildman–Crippen LogP) is 4.81. The minimum absolute atomic E-state index is 0.0996. The first kappa shape index (κ1) is 21.3. The minimum Gasteiger partial charge on any atom is -0.497 e. The molecular weight excluding hydrogens is 402 g/mol. The average Bonchev–Trinajstić information content (AvgIpc) is 2.93. The highest BCUT2D eigenvalue weighted by atomic mass is 16.5. The van der Waals surface area contributed by atoms with Crippen LogP contribution in [-0.2, 0) is 9.59 Å². The molecule has 0 saturated carbocycles. The maximum Gasteiger partial charge on any atom is 0.244 e. The van der Waals surface area contributed by atoms with Crippen molar-refractivity contribution in [3.63, 3.8) is 0 Å². The van der Waals surface area contributed by atoms with Crippen LogP contribution in [0.15, 0.2) is 71.7 Å². The zero-order valence-corrected chi connectivity index (χ0v) is 18.4. The van der Waals surface area contributed by atoms with E-state index in [1.54, 1.807) is 31.4 Å². The first-order valence-corrected chi connectivity index (χ1v) is 10.4. The second-order valence-electron chi connectivity index (χ2n) is 7.78. The third kappa shape index (κ3) is 4.54. The summed E-state index contributed by atoms with van der Waals surface area (Å²) in [6, 6.07) is 20.5. The lowest BCUT2D eigenvalue weighted by Gasteiger charge is -2.22. The summed E-state index contributed by atoms with van der Waals surface area (Å²) in [5, 5.41) is 2.84. The van der Waals surface area contributed by atoms with Crippen molar-refractivity contribution in [1.29, 1.82) is 0 Å². The number of anilines is 2. The highest BCUT2D eigenvalue weighted by molar-refractivity contribution is 6.19. The van der Waals surface area contributed by atoms with E-state index in [0.717, 1.165) is 11.1 Å². The fourth-order valence-electron chi connectivity index (χ4n) is 3.62. The third-order valence-corrected chi connectivity index (χ3v) is 5.56. The molecule has 1 aliphatic rings. The average molecular weight is 428 g/mol. The summed E-state index contributed by atoms with van der Waals surface area (Å²) in [6.07, 6.45) is 0.118. The Hall–Kier alpha value is -3.93. The Balaban J connectivity index is 1.59. The summed E-state index contributed by atoms with van der Waals surface area (Å²) in [7, 11) is 1.59. The molecule has 4 rings (SSSR count). The van der Waals surface area contributed by atoms with Crippen molar-refractivity contribution in [3.05, 3.63) is 83.4 Å². The zero-order valence-electron chi connectivity index (χ0n) is 18.4. The van der Waals surface area contributed by atoms with Gasteiger partial charge in [-0.15, -0.1) is 0 Å². The van der Waals surface area contributed by atoms with Crippen LogP contribution in [0.1, 0.15) is 23.1 Å². The summed E-state index contributed by atoms with van der Waals surface area (Å²) in [4.78, 5) is 32.3. The van der Waals surface area contributed by atoms with Gasteiger partial charge in [0.2, 0.25) is 11.8 Å². The summed E-state index contributed by atoms with van der Waals surface area (Å²) in [5.74, 6) is 0.250. The number of benzene rings is 3. The van der Waals surface area contributed by atoms with Gasteiger partial charge in [0.15, 0.2) is 0 Å². The van der Waals surface area contributed by atoms with E-state index in [-0.39, 0.29) is 24.8 Å². The second-order valence-corrected chi connectivity index (χ2v) is 7.78. The third-order valence-electron chi connectivity index (χ3n) is 5.56. The van der Waals surface area contributed by atoms with Crippen LogP contribution in [0, 0.1) is 13.8 Å². The molecule has 0 bridgehead atoms. The standard InChI is InChI=1S/C26H25N3O3/c1-17-8-9-19(14-18(17)2)23-15-26(31)29(24-7-5-4-6-22(24)28-23)16-25(30)27-20-10-12-21(32-3)13-11-20/h4-14H,15-16H2,1-3H3,(H,27,30). The summed E-state index contributed by atoms with van der Waals surface area (Å²) < 4.78 is 5.14. The van der Waals surface area contributed by atoms with Crippen molar-refractivity contribution in [2.75, 3.05) is 23.9 Å². The number of nitrogens with one attached hydrogen (secondary N) is 1. The number of fused-ring (bicyclic) bond motifs is 1. The molecule has 0 spiro atoms. The van der Waals surface area contributed by atoms with Crippen LogP contribution in [0.4, 0.5) is 17.1 Å².